The minimum absolute atomic E-state index is 0.0933. The van der Waals surface area contributed by atoms with E-state index in [0.717, 1.165) is 37.4 Å². The van der Waals surface area contributed by atoms with Crippen LogP contribution in [0.4, 0.5) is 10.1 Å². The van der Waals surface area contributed by atoms with E-state index >= 15 is 0 Å². The van der Waals surface area contributed by atoms with Crippen LogP contribution in [0, 0.1) is 5.82 Å². The van der Waals surface area contributed by atoms with Crippen molar-refractivity contribution in [2.24, 2.45) is 7.05 Å². The highest BCUT2D eigenvalue weighted by atomic mass is 32.2. The number of rotatable bonds is 6. The minimum atomic E-state index is -0.629. The molecule has 0 spiro atoms. The minimum Gasteiger partial charge on any atom is -0.353 e. The quantitative estimate of drug-likeness (QED) is 0.569. The van der Waals surface area contributed by atoms with Crippen molar-refractivity contribution in [3.05, 3.63) is 52.2 Å². The number of nitrogens with zero attached hydrogens (tertiary/aromatic N) is 2. The van der Waals surface area contributed by atoms with Gasteiger partial charge in [0.1, 0.15) is 11.4 Å². The molecule has 0 saturated heterocycles. The molecule has 2 aromatic rings. The number of carbonyl (C=O) groups excluding carboxylic acids is 2. The molecule has 1 aliphatic rings. The van der Waals surface area contributed by atoms with Crippen LogP contribution < -0.4 is 16.2 Å². The Morgan fingerprint density at radius 2 is 1.93 bits per heavy atom. The van der Waals surface area contributed by atoms with E-state index in [2.05, 4.69) is 15.6 Å². The van der Waals surface area contributed by atoms with Crippen LogP contribution in [0.25, 0.3) is 0 Å². The Kier molecular flexibility index (Phi) is 6.45. The van der Waals surface area contributed by atoms with E-state index in [9.17, 15) is 18.8 Å². The van der Waals surface area contributed by atoms with Crippen molar-refractivity contribution in [2.45, 2.75) is 36.9 Å². The van der Waals surface area contributed by atoms with Gasteiger partial charge in [0.25, 0.3) is 11.5 Å². The Balaban J connectivity index is 1.63. The van der Waals surface area contributed by atoms with Gasteiger partial charge < -0.3 is 10.6 Å². The fourth-order valence-corrected chi connectivity index (χ4v) is 3.77. The summed E-state index contributed by atoms with van der Waals surface area (Å²) in [6.45, 7) is 0. The second-order valence-electron chi connectivity index (χ2n) is 6.62. The topological polar surface area (TPSA) is 93.1 Å². The maximum atomic E-state index is 12.9. The van der Waals surface area contributed by atoms with Crippen LogP contribution in [0.3, 0.4) is 0 Å². The molecule has 1 heterocycles. The lowest BCUT2D eigenvalue weighted by Gasteiger charge is -2.12. The first-order valence-electron chi connectivity index (χ1n) is 8.99. The van der Waals surface area contributed by atoms with Gasteiger partial charge in [-0.15, -0.1) is 0 Å². The maximum absolute atomic E-state index is 12.9. The summed E-state index contributed by atoms with van der Waals surface area (Å²) >= 11 is 1.15. The molecule has 1 aliphatic carbocycles. The summed E-state index contributed by atoms with van der Waals surface area (Å²) in [7, 11) is 1.50. The van der Waals surface area contributed by atoms with Gasteiger partial charge in [-0.1, -0.05) is 24.6 Å². The smallest absolute Gasteiger partial charge is 0.266 e. The standard InChI is InChI=1S/C19H21FN4O3S/c1-24-18(27)15(17(26)23-14-8-6-12(20)7-9-14)10-21-19(24)28-11-16(25)22-13-4-2-3-5-13/h6-10,13H,2-5,11H2,1H3,(H,22,25)(H,23,26). The second-order valence-corrected chi connectivity index (χ2v) is 7.56. The Bertz CT molecular complexity index is 924. The van der Waals surface area contributed by atoms with Crippen LogP contribution in [0.2, 0.25) is 0 Å². The van der Waals surface area contributed by atoms with Crippen LogP contribution in [0.15, 0.2) is 40.4 Å². The van der Waals surface area contributed by atoms with E-state index in [1.165, 1.54) is 42.1 Å². The highest BCUT2D eigenvalue weighted by Gasteiger charge is 2.19. The number of carbonyl (C=O) groups is 2. The van der Waals surface area contributed by atoms with Crippen LogP contribution in [0.5, 0.6) is 0 Å². The van der Waals surface area contributed by atoms with Gasteiger partial charge in [0.2, 0.25) is 5.91 Å². The number of halogens is 1. The number of thioether (sulfide) groups is 1. The monoisotopic (exact) mass is 404 g/mol. The molecule has 1 saturated carbocycles. The van der Waals surface area contributed by atoms with Crippen molar-refractivity contribution in [1.29, 1.82) is 0 Å². The largest absolute Gasteiger partial charge is 0.353 e. The third-order valence-electron chi connectivity index (χ3n) is 4.53. The van der Waals surface area contributed by atoms with Crippen LogP contribution in [-0.4, -0.2) is 33.2 Å². The first-order valence-corrected chi connectivity index (χ1v) is 9.97. The van der Waals surface area contributed by atoms with Gasteiger partial charge in [0, 0.05) is 25.0 Å². The summed E-state index contributed by atoms with van der Waals surface area (Å²) in [5, 5.41) is 5.86. The molecular formula is C19H21FN4O3S. The molecule has 2 N–H and O–H groups in total. The van der Waals surface area contributed by atoms with Crippen LogP contribution in [0.1, 0.15) is 36.0 Å². The van der Waals surface area contributed by atoms with Gasteiger partial charge in [0.05, 0.1) is 5.75 Å². The van der Waals surface area contributed by atoms with E-state index in [4.69, 9.17) is 0 Å². The molecule has 0 radical (unpaired) electrons. The Morgan fingerprint density at radius 3 is 2.61 bits per heavy atom. The molecular weight excluding hydrogens is 383 g/mol. The van der Waals surface area contributed by atoms with E-state index in [1.54, 1.807) is 0 Å². The predicted molar refractivity (Wildman–Crippen MR) is 105 cm³/mol. The summed E-state index contributed by atoms with van der Waals surface area (Å²) in [6, 6.07) is 5.46. The van der Waals surface area contributed by atoms with Crippen LogP contribution >= 0.6 is 11.8 Å². The SMILES string of the molecule is Cn1c(SCC(=O)NC2CCCC2)ncc(C(=O)Nc2ccc(F)cc2)c1=O. The number of aromatic nitrogens is 2. The first-order chi connectivity index (χ1) is 13.4. The third-order valence-corrected chi connectivity index (χ3v) is 5.57. The molecule has 0 atom stereocenters. The number of hydrogen-bond acceptors (Lipinski definition) is 5. The molecule has 1 aromatic heterocycles. The molecule has 1 fully saturated rings. The molecule has 3 rings (SSSR count). The van der Waals surface area contributed by atoms with E-state index < -0.39 is 17.3 Å². The van der Waals surface area contributed by atoms with E-state index in [-0.39, 0.29) is 23.3 Å². The zero-order chi connectivity index (χ0) is 20.1. The van der Waals surface area contributed by atoms with Gasteiger partial charge in [-0.2, -0.15) is 0 Å². The molecule has 9 heteroatoms. The van der Waals surface area contributed by atoms with Gasteiger partial charge in [-0.3, -0.25) is 19.0 Å². The molecule has 1 aromatic carbocycles. The van der Waals surface area contributed by atoms with Crippen LogP contribution in [-0.2, 0) is 11.8 Å². The van der Waals surface area contributed by atoms with Crippen molar-refractivity contribution in [1.82, 2.24) is 14.9 Å². The Hall–Kier alpha value is -2.68. The van der Waals surface area contributed by atoms with Crippen molar-refractivity contribution >= 4 is 29.3 Å². The number of amides is 2. The highest BCUT2D eigenvalue weighted by Crippen LogP contribution is 2.18. The average Bonchev–Trinajstić information content (AvgIpc) is 3.17. The predicted octanol–water partition coefficient (Wildman–Crippen LogP) is 2.32. The lowest BCUT2D eigenvalue weighted by atomic mass is 10.2. The van der Waals surface area contributed by atoms with Gasteiger partial charge in [0.15, 0.2) is 5.16 Å². The summed E-state index contributed by atoms with van der Waals surface area (Å²) in [6.07, 6.45) is 5.47. The van der Waals surface area contributed by atoms with Crippen molar-refractivity contribution in [3.8, 4) is 0 Å². The molecule has 0 unspecified atom stereocenters. The highest BCUT2D eigenvalue weighted by molar-refractivity contribution is 7.99. The lowest BCUT2D eigenvalue weighted by molar-refractivity contribution is -0.119. The number of nitrogens with one attached hydrogen (secondary N) is 2. The normalized spacial score (nSPS) is 14.1. The Morgan fingerprint density at radius 1 is 1.25 bits per heavy atom. The first kappa shape index (κ1) is 20.1. The maximum Gasteiger partial charge on any atom is 0.266 e. The zero-order valence-corrected chi connectivity index (χ0v) is 16.2. The lowest BCUT2D eigenvalue weighted by Crippen LogP contribution is -2.34. The van der Waals surface area contributed by atoms with Crippen molar-refractivity contribution < 1.29 is 14.0 Å². The number of hydrogen-bond donors (Lipinski definition) is 2. The molecule has 7 nitrogen and oxygen atoms in total. The van der Waals surface area contributed by atoms with Crippen molar-refractivity contribution in [2.75, 3.05) is 11.1 Å². The molecule has 2 amide bonds. The summed E-state index contributed by atoms with van der Waals surface area (Å²) in [5.41, 5.74) is -0.282. The fourth-order valence-electron chi connectivity index (χ4n) is 3.02. The van der Waals surface area contributed by atoms with Gasteiger partial charge in [-0.05, 0) is 37.1 Å². The van der Waals surface area contributed by atoms with E-state index in [0.29, 0.717) is 10.8 Å². The summed E-state index contributed by atoms with van der Waals surface area (Å²) in [4.78, 5) is 41.0. The average molecular weight is 404 g/mol. The molecule has 0 bridgehead atoms. The van der Waals surface area contributed by atoms with E-state index in [1.807, 2.05) is 0 Å². The molecule has 0 aliphatic heterocycles. The number of anilines is 1. The Labute approximate surface area is 165 Å². The number of benzene rings is 1. The summed E-state index contributed by atoms with van der Waals surface area (Å²) in [5.74, 6) is -0.994. The fraction of sp³-hybridized carbons (Fsp3) is 0.368. The van der Waals surface area contributed by atoms with Crippen molar-refractivity contribution in [3.63, 3.8) is 0 Å². The molecule has 28 heavy (non-hydrogen) atoms. The molecule has 148 valence electrons. The van der Waals surface area contributed by atoms with Gasteiger partial charge in [-0.25, -0.2) is 9.37 Å². The zero-order valence-electron chi connectivity index (χ0n) is 15.4. The van der Waals surface area contributed by atoms with Gasteiger partial charge >= 0.3 is 0 Å². The third kappa shape index (κ3) is 4.98. The summed E-state index contributed by atoms with van der Waals surface area (Å²) < 4.78 is 14.2. The second kappa shape index (κ2) is 9.01.